The minimum Gasteiger partial charge on any atom is -0.493 e. The van der Waals surface area contributed by atoms with E-state index < -0.39 is 0 Å². The lowest BCUT2D eigenvalue weighted by Crippen LogP contribution is -2.13. The maximum Gasteiger partial charge on any atom is 0.314 e. The number of carbonyl (C=O) groups is 1. The number of thiazole rings is 1. The van der Waals surface area contributed by atoms with Crippen LogP contribution in [0.1, 0.15) is 18.4 Å². The molecule has 0 N–H and O–H groups in total. The average Bonchev–Trinajstić information content (AvgIpc) is 3.71. The van der Waals surface area contributed by atoms with Gasteiger partial charge in [0.25, 0.3) is 0 Å². The molecule has 194 valence electrons. The van der Waals surface area contributed by atoms with E-state index in [9.17, 15) is 4.79 Å². The Hall–Kier alpha value is -4.05. The summed E-state index contributed by atoms with van der Waals surface area (Å²) in [5.74, 6) is 2.18. The highest BCUT2D eigenvalue weighted by Crippen LogP contribution is 2.41. The van der Waals surface area contributed by atoms with E-state index >= 15 is 0 Å². The zero-order chi connectivity index (χ0) is 26.4. The Morgan fingerprint density at radius 2 is 1.73 bits per heavy atom. The van der Waals surface area contributed by atoms with Crippen molar-refractivity contribution in [2.75, 3.05) is 35.0 Å². The minimum atomic E-state index is -0.225. The molecule has 0 amide bonds. The topological polar surface area (TPSA) is 92.9 Å². The van der Waals surface area contributed by atoms with Gasteiger partial charge in [0.05, 0.1) is 52.8 Å². The Balaban J connectivity index is 1.73. The van der Waals surface area contributed by atoms with Crippen molar-refractivity contribution in [3.8, 4) is 40.0 Å². The molecular weight excluding hydrogens is 494 g/mol. The van der Waals surface area contributed by atoms with Crippen molar-refractivity contribution >= 4 is 23.5 Å². The second-order valence-electron chi connectivity index (χ2n) is 8.11. The smallest absolute Gasteiger partial charge is 0.314 e. The first-order chi connectivity index (χ1) is 18.0. The van der Waals surface area contributed by atoms with Crippen molar-refractivity contribution in [2.45, 2.75) is 12.8 Å². The summed E-state index contributed by atoms with van der Waals surface area (Å²) < 4.78 is 29.2. The Morgan fingerprint density at radius 1 is 1.03 bits per heavy atom. The van der Waals surface area contributed by atoms with Gasteiger partial charge in [0.1, 0.15) is 0 Å². The van der Waals surface area contributed by atoms with E-state index in [0.717, 1.165) is 29.7 Å². The average molecular weight is 524 g/mol. The predicted octanol–water partition coefficient (Wildman–Crippen LogP) is 4.54. The molecular formula is C27H29N3O6S. The summed E-state index contributed by atoms with van der Waals surface area (Å²) in [6.45, 7) is 4.20. The standard InChI is InChI=1S/C27H29N3O6S/c1-6-11-28-27-30(20(16-37-27)19-13-23(33-3)25(35-5)24(14-19)34-4)29-15-17-7-10-21(22(12-17)32-2)36-26(31)18-8-9-18/h6-7,10,12-16,18H,1,8-9,11H2,2-5H3. The van der Waals surface area contributed by atoms with Crippen LogP contribution in [0.3, 0.4) is 0 Å². The summed E-state index contributed by atoms with van der Waals surface area (Å²) in [7, 11) is 6.25. The number of benzene rings is 2. The molecule has 1 aromatic heterocycles. The minimum absolute atomic E-state index is 0.00713. The number of carbonyl (C=O) groups excluding carboxylic acids is 1. The maximum absolute atomic E-state index is 12.1. The van der Waals surface area contributed by atoms with E-state index in [1.54, 1.807) is 50.4 Å². The number of hydrogen-bond acceptors (Lipinski definition) is 9. The molecule has 37 heavy (non-hydrogen) atoms. The van der Waals surface area contributed by atoms with Gasteiger partial charge in [-0.05, 0) is 48.7 Å². The molecule has 1 saturated carbocycles. The highest BCUT2D eigenvalue weighted by Gasteiger charge is 2.32. The lowest BCUT2D eigenvalue weighted by Gasteiger charge is -2.14. The van der Waals surface area contributed by atoms with Crippen LogP contribution in [0.4, 0.5) is 0 Å². The molecule has 0 radical (unpaired) electrons. The quantitative estimate of drug-likeness (QED) is 0.159. The van der Waals surface area contributed by atoms with E-state index in [-0.39, 0.29) is 11.9 Å². The third-order valence-electron chi connectivity index (χ3n) is 5.63. The first-order valence-electron chi connectivity index (χ1n) is 11.6. The first kappa shape index (κ1) is 26.0. The van der Waals surface area contributed by atoms with E-state index in [1.165, 1.54) is 18.4 Å². The van der Waals surface area contributed by atoms with Crippen LogP contribution in [0.25, 0.3) is 11.3 Å². The zero-order valence-electron chi connectivity index (χ0n) is 21.2. The summed E-state index contributed by atoms with van der Waals surface area (Å²) in [5, 5.41) is 6.68. The molecule has 0 spiro atoms. The second-order valence-corrected chi connectivity index (χ2v) is 8.95. The molecule has 10 heteroatoms. The Labute approximate surface area is 219 Å². The van der Waals surface area contributed by atoms with Crippen molar-refractivity contribution in [3.63, 3.8) is 0 Å². The van der Waals surface area contributed by atoms with Gasteiger partial charge in [-0.2, -0.15) is 5.10 Å². The lowest BCUT2D eigenvalue weighted by molar-refractivity contribution is -0.135. The Bertz CT molecular complexity index is 1360. The number of nitrogens with zero attached hydrogens (tertiary/aromatic N) is 3. The number of esters is 1. The van der Waals surface area contributed by atoms with Crippen molar-refractivity contribution in [1.82, 2.24) is 4.68 Å². The van der Waals surface area contributed by atoms with Crippen molar-refractivity contribution < 1.29 is 28.5 Å². The lowest BCUT2D eigenvalue weighted by atomic mass is 10.1. The van der Waals surface area contributed by atoms with Gasteiger partial charge >= 0.3 is 5.97 Å². The van der Waals surface area contributed by atoms with Gasteiger partial charge in [-0.25, -0.2) is 4.68 Å². The second kappa shape index (κ2) is 11.8. The fourth-order valence-electron chi connectivity index (χ4n) is 3.57. The van der Waals surface area contributed by atoms with Crippen LogP contribution >= 0.6 is 11.3 Å². The number of methoxy groups -OCH3 is 4. The monoisotopic (exact) mass is 523 g/mol. The predicted molar refractivity (Wildman–Crippen MR) is 142 cm³/mol. The van der Waals surface area contributed by atoms with Crippen LogP contribution in [0.2, 0.25) is 0 Å². The Kier molecular flexibility index (Phi) is 8.29. The molecule has 1 heterocycles. The van der Waals surface area contributed by atoms with Gasteiger partial charge < -0.3 is 23.7 Å². The largest absolute Gasteiger partial charge is 0.493 e. The third-order valence-corrected chi connectivity index (χ3v) is 6.49. The molecule has 0 saturated heterocycles. The molecule has 0 aliphatic heterocycles. The molecule has 1 aliphatic carbocycles. The molecule has 1 aliphatic rings. The summed E-state index contributed by atoms with van der Waals surface area (Å²) in [6, 6.07) is 9.01. The van der Waals surface area contributed by atoms with Gasteiger partial charge in [-0.15, -0.1) is 17.9 Å². The van der Waals surface area contributed by atoms with Gasteiger partial charge in [-0.3, -0.25) is 9.79 Å². The molecule has 4 rings (SSSR count). The van der Waals surface area contributed by atoms with Crippen LogP contribution in [0.15, 0.2) is 58.5 Å². The molecule has 1 fully saturated rings. The maximum atomic E-state index is 12.1. The number of hydrogen-bond donors (Lipinski definition) is 0. The normalized spacial score (nSPS) is 13.5. The van der Waals surface area contributed by atoms with Gasteiger partial charge in [0, 0.05) is 10.9 Å². The van der Waals surface area contributed by atoms with Crippen LogP contribution < -0.4 is 28.5 Å². The zero-order valence-corrected chi connectivity index (χ0v) is 22.0. The molecule has 9 nitrogen and oxygen atoms in total. The van der Waals surface area contributed by atoms with E-state index in [4.69, 9.17) is 28.8 Å². The summed E-state index contributed by atoms with van der Waals surface area (Å²) in [6.07, 6.45) is 5.16. The summed E-state index contributed by atoms with van der Waals surface area (Å²) in [4.78, 5) is 17.4. The highest BCUT2D eigenvalue weighted by atomic mass is 32.1. The van der Waals surface area contributed by atoms with Gasteiger partial charge in [0.2, 0.25) is 10.6 Å². The number of aromatic nitrogens is 1. The third kappa shape index (κ3) is 5.86. The van der Waals surface area contributed by atoms with E-state index in [0.29, 0.717) is 40.1 Å². The van der Waals surface area contributed by atoms with Gasteiger partial charge in [0.15, 0.2) is 23.0 Å². The van der Waals surface area contributed by atoms with Crippen LogP contribution in [-0.4, -0.2) is 51.8 Å². The molecule has 0 atom stereocenters. The Morgan fingerprint density at radius 3 is 2.32 bits per heavy atom. The molecule has 0 bridgehead atoms. The van der Waals surface area contributed by atoms with E-state index in [2.05, 4.69) is 11.6 Å². The molecule has 0 unspecified atom stereocenters. The van der Waals surface area contributed by atoms with E-state index in [1.807, 2.05) is 23.6 Å². The van der Waals surface area contributed by atoms with Crippen LogP contribution in [-0.2, 0) is 4.79 Å². The van der Waals surface area contributed by atoms with Crippen molar-refractivity contribution in [3.05, 3.63) is 58.7 Å². The number of ether oxygens (including phenoxy) is 5. The highest BCUT2D eigenvalue weighted by molar-refractivity contribution is 7.07. The molecule has 2 aromatic carbocycles. The summed E-state index contributed by atoms with van der Waals surface area (Å²) >= 11 is 1.45. The first-order valence-corrected chi connectivity index (χ1v) is 12.5. The summed E-state index contributed by atoms with van der Waals surface area (Å²) in [5.41, 5.74) is 2.35. The van der Waals surface area contributed by atoms with Crippen LogP contribution in [0, 0.1) is 5.92 Å². The molecule has 3 aromatic rings. The van der Waals surface area contributed by atoms with Crippen molar-refractivity contribution in [1.29, 1.82) is 0 Å². The number of rotatable bonds is 11. The van der Waals surface area contributed by atoms with Gasteiger partial charge in [-0.1, -0.05) is 6.08 Å². The fourth-order valence-corrected chi connectivity index (χ4v) is 4.42. The fraction of sp³-hybridized carbons (Fsp3) is 0.296. The van der Waals surface area contributed by atoms with Crippen LogP contribution in [0.5, 0.6) is 28.7 Å². The SMILES string of the molecule is C=CCN=c1scc(-c2cc(OC)c(OC)c(OC)c2)n1N=Cc1ccc(OC(=O)C2CC2)c(OC)c1. The van der Waals surface area contributed by atoms with Crippen molar-refractivity contribution in [2.24, 2.45) is 16.0 Å².